The monoisotopic (exact) mass is 520 g/mol. The van der Waals surface area contributed by atoms with Gasteiger partial charge in [0.2, 0.25) is 21.8 Å². The van der Waals surface area contributed by atoms with Crippen molar-refractivity contribution in [3.05, 3.63) is 64.2 Å². The zero-order valence-corrected chi connectivity index (χ0v) is 21.8. The molecule has 0 heterocycles. The third kappa shape index (κ3) is 7.41. The van der Waals surface area contributed by atoms with Gasteiger partial charge in [-0.25, -0.2) is 8.42 Å². The number of nitro benzene ring substituents is 1. The minimum Gasteiger partial charge on any atom is -0.495 e. The van der Waals surface area contributed by atoms with E-state index in [9.17, 15) is 28.1 Å². The van der Waals surface area contributed by atoms with Crippen LogP contribution in [-0.4, -0.2) is 62.0 Å². The van der Waals surface area contributed by atoms with E-state index < -0.39 is 33.4 Å². The fourth-order valence-electron chi connectivity index (χ4n) is 3.66. The van der Waals surface area contributed by atoms with Crippen molar-refractivity contribution >= 4 is 33.2 Å². The number of amides is 2. The number of sulfonamides is 1. The smallest absolute Gasteiger partial charge is 0.271 e. The summed E-state index contributed by atoms with van der Waals surface area (Å²) in [6, 6.07) is 11.5. The summed E-state index contributed by atoms with van der Waals surface area (Å²) in [7, 11) is -2.79. The normalized spacial score (nSPS) is 12.1. The number of hydrogen-bond donors (Lipinski definition) is 1. The van der Waals surface area contributed by atoms with Crippen LogP contribution in [0.1, 0.15) is 32.8 Å². The first kappa shape index (κ1) is 28.6. The van der Waals surface area contributed by atoms with E-state index in [0.29, 0.717) is 0 Å². The number of benzene rings is 2. The second-order valence-corrected chi connectivity index (χ2v) is 10.4. The number of rotatable bonds is 12. The highest BCUT2D eigenvalue weighted by Crippen LogP contribution is 2.34. The van der Waals surface area contributed by atoms with Gasteiger partial charge in [0.05, 0.1) is 18.3 Å². The van der Waals surface area contributed by atoms with Crippen LogP contribution in [0.5, 0.6) is 5.75 Å². The standard InChI is InChI=1S/C24H32N4O7S/c1-6-20(24(30)25-17(2)3)26(15-18-10-8-7-9-11-18)23(29)16-27(36(5,33)34)21-14-19(28(31)32)12-13-22(21)35-4/h7-14,17,20H,6,15-16H2,1-5H3,(H,25,30)/t20-/m1/s1. The summed E-state index contributed by atoms with van der Waals surface area (Å²) in [6.45, 7) is 4.73. The Kier molecular flexibility index (Phi) is 9.79. The van der Waals surface area contributed by atoms with Crippen LogP contribution in [0.25, 0.3) is 0 Å². The number of nitro groups is 1. The molecule has 0 aliphatic heterocycles. The average Bonchev–Trinajstić information content (AvgIpc) is 2.81. The van der Waals surface area contributed by atoms with Crippen molar-refractivity contribution in [2.24, 2.45) is 0 Å². The van der Waals surface area contributed by atoms with Crippen LogP contribution >= 0.6 is 0 Å². The molecule has 0 fully saturated rings. The van der Waals surface area contributed by atoms with Crippen molar-refractivity contribution < 1.29 is 27.7 Å². The van der Waals surface area contributed by atoms with Gasteiger partial charge in [-0.15, -0.1) is 0 Å². The Bertz CT molecular complexity index is 1190. The first-order chi connectivity index (χ1) is 16.9. The van der Waals surface area contributed by atoms with Gasteiger partial charge in [0.25, 0.3) is 5.69 Å². The molecule has 36 heavy (non-hydrogen) atoms. The maximum Gasteiger partial charge on any atom is 0.271 e. The van der Waals surface area contributed by atoms with Gasteiger partial charge in [0, 0.05) is 24.7 Å². The Labute approximate surface area is 211 Å². The second kappa shape index (κ2) is 12.3. The number of nitrogens with one attached hydrogen (secondary N) is 1. The molecular weight excluding hydrogens is 488 g/mol. The minimum atomic E-state index is -4.08. The van der Waals surface area contributed by atoms with E-state index >= 15 is 0 Å². The van der Waals surface area contributed by atoms with E-state index in [1.165, 1.54) is 24.1 Å². The first-order valence-corrected chi connectivity index (χ1v) is 13.2. The van der Waals surface area contributed by atoms with Crippen LogP contribution in [0.4, 0.5) is 11.4 Å². The molecule has 11 nitrogen and oxygen atoms in total. The molecule has 0 bridgehead atoms. The summed E-state index contributed by atoms with van der Waals surface area (Å²) in [5, 5.41) is 14.1. The Morgan fingerprint density at radius 2 is 1.78 bits per heavy atom. The van der Waals surface area contributed by atoms with Crippen LogP contribution in [0.2, 0.25) is 0 Å². The largest absolute Gasteiger partial charge is 0.495 e. The molecule has 1 N–H and O–H groups in total. The molecule has 196 valence electrons. The van der Waals surface area contributed by atoms with Gasteiger partial charge in [0.1, 0.15) is 24.0 Å². The summed E-state index contributed by atoms with van der Waals surface area (Å²) in [4.78, 5) is 38.6. The molecule has 0 spiro atoms. The predicted octanol–water partition coefficient (Wildman–Crippen LogP) is 2.70. The molecule has 0 saturated carbocycles. The highest BCUT2D eigenvalue weighted by Gasteiger charge is 2.33. The van der Waals surface area contributed by atoms with Crippen molar-refractivity contribution in [2.45, 2.75) is 45.8 Å². The molecule has 0 unspecified atom stereocenters. The number of carbonyl (C=O) groups excluding carboxylic acids is 2. The maximum atomic E-state index is 13.7. The fourth-order valence-corrected chi connectivity index (χ4v) is 4.51. The molecule has 0 aromatic heterocycles. The lowest BCUT2D eigenvalue weighted by Crippen LogP contribution is -2.53. The van der Waals surface area contributed by atoms with Crippen LogP contribution in [-0.2, 0) is 26.2 Å². The SMILES string of the molecule is CC[C@H](C(=O)NC(C)C)N(Cc1ccccc1)C(=O)CN(c1cc([N+](=O)[O-])ccc1OC)S(C)(=O)=O. The number of nitrogens with zero attached hydrogens (tertiary/aromatic N) is 3. The second-order valence-electron chi connectivity index (χ2n) is 8.48. The van der Waals surface area contributed by atoms with E-state index in [2.05, 4.69) is 5.32 Å². The minimum absolute atomic E-state index is 0.0398. The molecule has 2 rings (SSSR count). The molecule has 1 atom stereocenters. The van der Waals surface area contributed by atoms with Crippen molar-refractivity contribution in [3.8, 4) is 5.75 Å². The van der Waals surface area contributed by atoms with E-state index in [4.69, 9.17) is 4.74 Å². The highest BCUT2D eigenvalue weighted by molar-refractivity contribution is 7.92. The average molecular weight is 521 g/mol. The first-order valence-electron chi connectivity index (χ1n) is 11.3. The number of non-ortho nitro benzene ring substituents is 1. The molecule has 0 radical (unpaired) electrons. The van der Waals surface area contributed by atoms with Gasteiger partial charge in [-0.3, -0.25) is 24.0 Å². The van der Waals surface area contributed by atoms with E-state index in [1.807, 2.05) is 6.07 Å². The third-order valence-corrected chi connectivity index (χ3v) is 6.46. The Morgan fingerprint density at radius 3 is 2.28 bits per heavy atom. The number of hydrogen-bond acceptors (Lipinski definition) is 7. The Morgan fingerprint density at radius 1 is 1.14 bits per heavy atom. The molecule has 2 amide bonds. The number of carbonyl (C=O) groups is 2. The summed E-state index contributed by atoms with van der Waals surface area (Å²) >= 11 is 0. The predicted molar refractivity (Wildman–Crippen MR) is 136 cm³/mol. The summed E-state index contributed by atoms with van der Waals surface area (Å²) in [5.41, 5.74) is 0.234. The molecule has 2 aromatic rings. The lowest BCUT2D eigenvalue weighted by Gasteiger charge is -2.33. The van der Waals surface area contributed by atoms with Crippen LogP contribution in [0.15, 0.2) is 48.5 Å². The Hall–Kier alpha value is -3.67. The quantitative estimate of drug-likeness (QED) is 0.335. The van der Waals surface area contributed by atoms with Gasteiger partial charge in [-0.1, -0.05) is 37.3 Å². The number of anilines is 1. The molecule has 0 aliphatic carbocycles. The van der Waals surface area contributed by atoms with E-state index in [0.717, 1.165) is 22.2 Å². The Balaban J connectivity index is 2.54. The fraction of sp³-hybridized carbons (Fsp3) is 0.417. The molecule has 0 aliphatic rings. The van der Waals surface area contributed by atoms with Crippen molar-refractivity contribution in [3.63, 3.8) is 0 Å². The van der Waals surface area contributed by atoms with Crippen LogP contribution in [0.3, 0.4) is 0 Å². The number of ether oxygens (including phenoxy) is 1. The van der Waals surface area contributed by atoms with Crippen molar-refractivity contribution in [1.82, 2.24) is 10.2 Å². The molecular formula is C24H32N4O7S. The maximum absolute atomic E-state index is 13.7. The van der Waals surface area contributed by atoms with E-state index in [1.54, 1.807) is 45.0 Å². The zero-order valence-electron chi connectivity index (χ0n) is 21.0. The van der Waals surface area contributed by atoms with Gasteiger partial charge < -0.3 is 15.0 Å². The molecule has 12 heteroatoms. The summed E-state index contributed by atoms with van der Waals surface area (Å²) < 4.78 is 31.5. The summed E-state index contributed by atoms with van der Waals surface area (Å²) in [5.74, 6) is -0.975. The van der Waals surface area contributed by atoms with Gasteiger partial charge in [0.15, 0.2) is 0 Å². The van der Waals surface area contributed by atoms with Crippen LogP contribution in [0, 0.1) is 10.1 Å². The van der Waals surface area contributed by atoms with Crippen LogP contribution < -0.4 is 14.4 Å². The molecule has 0 saturated heterocycles. The van der Waals surface area contributed by atoms with Crippen molar-refractivity contribution in [1.29, 1.82) is 0 Å². The zero-order chi connectivity index (χ0) is 27.0. The van der Waals surface area contributed by atoms with Gasteiger partial charge in [-0.2, -0.15) is 0 Å². The number of methoxy groups -OCH3 is 1. The van der Waals surface area contributed by atoms with Gasteiger partial charge in [-0.05, 0) is 31.9 Å². The van der Waals surface area contributed by atoms with Gasteiger partial charge >= 0.3 is 0 Å². The lowest BCUT2D eigenvalue weighted by atomic mass is 10.1. The summed E-state index contributed by atoms with van der Waals surface area (Å²) in [6.07, 6.45) is 1.18. The van der Waals surface area contributed by atoms with Crippen molar-refractivity contribution in [2.75, 3.05) is 24.2 Å². The lowest BCUT2D eigenvalue weighted by molar-refractivity contribution is -0.384. The highest BCUT2D eigenvalue weighted by atomic mass is 32.2. The third-order valence-electron chi connectivity index (χ3n) is 5.33. The van der Waals surface area contributed by atoms with E-state index in [-0.39, 0.29) is 42.0 Å². The molecule has 2 aromatic carbocycles. The topological polar surface area (TPSA) is 139 Å².